The Bertz CT molecular complexity index is 3120. The zero-order valence-corrected chi connectivity index (χ0v) is 48.8. The van der Waals surface area contributed by atoms with E-state index >= 15 is 0 Å². The van der Waals surface area contributed by atoms with Crippen molar-refractivity contribution in [2.45, 2.75) is 93.4 Å². The van der Waals surface area contributed by atoms with Gasteiger partial charge in [0, 0.05) is 70.7 Å². The molecule has 0 aliphatic heterocycles. The smallest absolute Gasteiger partial charge is 0.213 e. The minimum Gasteiger partial charge on any atom is -0.481 e. The van der Waals surface area contributed by atoms with E-state index in [0.717, 1.165) is 11.4 Å². The first kappa shape index (κ1) is 49.6. The van der Waals surface area contributed by atoms with Crippen molar-refractivity contribution < 1.29 is 4.74 Å². The molecule has 0 radical (unpaired) electrons. The third-order valence-electron chi connectivity index (χ3n) is 11.7. The van der Waals surface area contributed by atoms with Gasteiger partial charge >= 0.3 is 162 Å². The molecule has 10 aromatic rings. The molecular formula is C53H56BrN3OS7Sn. The molecule has 66 heavy (non-hydrogen) atoms. The van der Waals surface area contributed by atoms with Gasteiger partial charge in [-0.15, -0.1) is 56.7 Å². The maximum atomic E-state index is 5.26. The molecule has 10 rings (SSSR count). The molecule has 4 nitrogen and oxygen atoms in total. The average Bonchev–Trinajstić information content (AvgIpc) is 4.18. The van der Waals surface area contributed by atoms with Gasteiger partial charge in [0.1, 0.15) is 0 Å². The number of unbranched alkanes of at least 4 members (excludes halogenated alkanes) is 3. The van der Waals surface area contributed by atoms with Crippen LogP contribution in [0.1, 0.15) is 75.6 Å². The van der Waals surface area contributed by atoms with E-state index < -0.39 is 18.4 Å². The molecule has 0 N–H and O–H groups in total. The average molecular weight is 1170 g/mol. The standard InChI is InChI=1S/C24H16N2OS4.C9H7S2.C8H6BrNS.3C4H9.Sn/c1-13-7-14-8-20(30-22(14)11-25-13)18-5-3-16(28-18)17-4-6-19(29-17)21-9-15-10-24(27-2)26-12-23(15)31-21;1-7-4-5-9(11-7)8-3-2-6-10-8;1-5-2-6-3-8(9)11-7(6)4-10-5;3*1-3-4-2;/h3-12H,1-2H3;2-5H,1H3;2-4H,1H3;3*1,3-4H2,2H3;. The maximum absolute atomic E-state index is 5.26. The number of pyridine rings is 3. The third-order valence-corrected chi connectivity index (χ3v) is 38.8. The predicted molar refractivity (Wildman–Crippen MR) is 305 cm³/mol. The van der Waals surface area contributed by atoms with E-state index in [9.17, 15) is 0 Å². The van der Waals surface area contributed by atoms with Gasteiger partial charge in [0.15, 0.2) is 0 Å². The summed E-state index contributed by atoms with van der Waals surface area (Å²) in [6.07, 6.45) is 14.2. The molecule has 0 aromatic carbocycles. The van der Waals surface area contributed by atoms with Crippen LogP contribution in [0.2, 0.25) is 13.3 Å². The Morgan fingerprint density at radius 1 is 0.470 bits per heavy atom. The van der Waals surface area contributed by atoms with Crippen molar-refractivity contribution >= 4 is 147 Å². The minimum absolute atomic E-state index is 0.655. The Morgan fingerprint density at radius 3 is 1.42 bits per heavy atom. The van der Waals surface area contributed by atoms with Crippen LogP contribution in [-0.4, -0.2) is 40.4 Å². The SMILES string of the molecule is CCC[CH2][Sn]([CH2]CCC)([CH2]CCC)[c]1ccc(-c2ccc(C)s2)s1.COc1cc2cc(-c3ccc(-c4ccc(-c5cc6cc(C)ncc6s5)s4)s3)sc2cn1.Cc1cc2cc(Br)sc2cn1. The normalized spacial score (nSPS) is 11.6. The first-order chi connectivity index (χ1) is 32.1. The monoisotopic (exact) mass is 1170 g/mol. The topological polar surface area (TPSA) is 47.9 Å². The van der Waals surface area contributed by atoms with Gasteiger partial charge in [0.05, 0.1) is 25.0 Å². The van der Waals surface area contributed by atoms with Gasteiger partial charge in [-0.25, -0.2) is 4.98 Å². The number of aryl methyl sites for hydroxylation is 3. The number of hydrogen-bond donors (Lipinski definition) is 0. The van der Waals surface area contributed by atoms with Crippen LogP contribution in [0.4, 0.5) is 0 Å². The second-order valence-electron chi connectivity index (χ2n) is 16.8. The van der Waals surface area contributed by atoms with Crippen LogP contribution in [0.15, 0.2) is 107 Å². The molecule has 0 aliphatic rings. The summed E-state index contributed by atoms with van der Waals surface area (Å²) in [5.41, 5.74) is 2.13. The van der Waals surface area contributed by atoms with Crippen molar-refractivity contribution in [3.05, 3.63) is 124 Å². The zero-order valence-electron chi connectivity index (χ0n) is 38.7. The van der Waals surface area contributed by atoms with Crippen molar-refractivity contribution in [3.63, 3.8) is 0 Å². The Hall–Kier alpha value is -2.79. The van der Waals surface area contributed by atoms with Crippen LogP contribution >= 0.6 is 95.3 Å². The fourth-order valence-corrected chi connectivity index (χ4v) is 35.1. The molecule has 0 saturated carbocycles. The predicted octanol–water partition coefficient (Wildman–Crippen LogP) is 19.6. The number of halogens is 1. The van der Waals surface area contributed by atoms with E-state index in [4.69, 9.17) is 4.74 Å². The van der Waals surface area contributed by atoms with Crippen LogP contribution in [0, 0.1) is 20.8 Å². The quantitative estimate of drug-likeness (QED) is 0.0960. The van der Waals surface area contributed by atoms with E-state index in [1.807, 2.05) is 86.7 Å². The van der Waals surface area contributed by atoms with Crippen molar-refractivity contribution in [1.82, 2.24) is 15.0 Å². The van der Waals surface area contributed by atoms with Gasteiger partial charge in [0.25, 0.3) is 0 Å². The molecule has 0 bridgehead atoms. The molecule has 10 heterocycles. The van der Waals surface area contributed by atoms with Crippen molar-refractivity contribution in [3.8, 4) is 44.9 Å². The van der Waals surface area contributed by atoms with Crippen molar-refractivity contribution in [1.29, 1.82) is 0 Å². The number of nitrogens with zero attached hydrogens (tertiary/aromatic N) is 3. The summed E-state index contributed by atoms with van der Waals surface area (Å²) in [6, 6.07) is 31.4. The Kier molecular flexibility index (Phi) is 17.5. The second-order valence-corrected chi connectivity index (χ2v) is 40.1. The fraction of sp³-hybridized carbons (Fsp3) is 0.302. The largest absolute Gasteiger partial charge is 0.481 e. The third kappa shape index (κ3) is 12.1. The summed E-state index contributed by atoms with van der Waals surface area (Å²) in [6.45, 7) is 13.4. The molecule has 342 valence electrons. The molecule has 0 aliphatic carbocycles. The van der Waals surface area contributed by atoms with Crippen LogP contribution < -0.4 is 7.63 Å². The molecule has 0 fully saturated rings. The first-order valence-corrected chi connectivity index (χ1v) is 36.7. The summed E-state index contributed by atoms with van der Waals surface area (Å²) in [7, 11) is 1.65. The molecule has 0 atom stereocenters. The van der Waals surface area contributed by atoms with Gasteiger partial charge in [-0.3, -0.25) is 9.97 Å². The van der Waals surface area contributed by atoms with Crippen molar-refractivity contribution in [2.24, 2.45) is 0 Å². The minimum atomic E-state index is -2.21. The fourth-order valence-electron chi connectivity index (χ4n) is 8.18. The van der Waals surface area contributed by atoms with Crippen LogP contribution in [-0.2, 0) is 0 Å². The van der Waals surface area contributed by atoms with Crippen LogP contribution in [0.25, 0.3) is 69.3 Å². The number of methoxy groups -OCH3 is 1. The summed E-state index contributed by atoms with van der Waals surface area (Å²) in [5, 5.41) is 3.72. The molecular weight excluding hydrogens is 1120 g/mol. The summed E-state index contributed by atoms with van der Waals surface area (Å²) < 4.78 is 16.7. The van der Waals surface area contributed by atoms with E-state index in [-0.39, 0.29) is 0 Å². The van der Waals surface area contributed by atoms with Crippen LogP contribution in [0.5, 0.6) is 5.88 Å². The number of hydrogen-bond acceptors (Lipinski definition) is 11. The summed E-state index contributed by atoms with van der Waals surface area (Å²) in [4.78, 5) is 25.2. The number of fused-ring (bicyclic) bond motifs is 3. The van der Waals surface area contributed by atoms with E-state index in [1.54, 1.807) is 43.1 Å². The molecule has 0 spiro atoms. The van der Waals surface area contributed by atoms with Gasteiger partial charge < -0.3 is 4.74 Å². The van der Waals surface area contributed by atoms with E-state index in [1.165, 1.54) is 116 Å². The number of thiophene rings is 7. The van der Waals surface area contributed by atoms with Gasteiger partial charge in [0.2, 0.25) is 5.88 Å². The van der Waals surface area contributed by atoms with Crippen molar-refractivity contribution in [2.75, 3.05) is 7.11 Å². The van der Waals surface area contributed by atoms with Gasteiger partial charge in [-0.05, 0) is 95.1 Å². The molecule has 0 amide bonds. The Morgan fingerprint density at radius 2 is 0.909 bits per heavy atom. The van der Waals surface area contributed by atoms with Gasteiger partial charge in [-0.1, -0.05) is 0 Å². The molecule has 10 aromatic heterocycles. The van der Waals surface area contributed by atoms with Crippen LogP contribution in [0.3, 0.4) is 0 Å². The molecule has 0 saturated heterocycles. The Labute approximate surface area is 430 Å². The zero-order chi connectivity index (χ0) is 46.2. The summed E-state index contributed by atoms with van der Waals surface area (Å²) >= 11 is 14.3. The van der Waals surface area contributed by atoms with E-state index in [2.05, 4.69) is 149 Å². The Balaban J connectivity index is 0.000000149. The van der Waals surface area contributed by atoms with E-state index in [0.29, 0.717) is 5.88 Å². The number of aromatic nitrogens is 3. The number of ether oxygens (including phenoxy) is 1. The second kappa shape index (κ2) is 23.2. The molecule has 0 unspecified atom stereocenters. The molecule has 13 heteroatoms. The maximum Gasteiger partial charge on any atom is 0.213 e. The number of rotatable bonds is 15. The van der Waals surface area contributed by atoms with Gasteiger partial charge in [-0.2, -0.15) is 0 Å². The summed E-state index contributed by atoms with van der Waals surface area (Å²) in [5.74, 6) is 0.655. The first-order valence-electron chi connectivity index (χ1n) is 22.8.